The van der Waals surface area contributed by atoms with E-state index in [0.29, 0.717) is 0 Å². The third kappa shape index (κ3) is 2.80. The smallest absolute Gasteiger partial charge is 0.123 e. The van der Waals surface area contributed by atoms with E-state index < -0.39 is 0 Å². The fourth-order valence-electron chi connectivity index (χ4n) is 1.74. The average molecular weight is 321 g/mol. The molecule has 0 saturated heterocycles. The monoisotopic (exact) mass is 320 g/mol. The fraction of sp³-hybridized carbons (Fsp3) is 0.286. The Morgan fingerprint density at radius 3 is 2.78 bits per heavy atom. The van der Waals surface area contributed by atoms with Gasteiger partial charge in [0, 0.05) is 15.4 Å². The number of hydrogen-bond donors (Lipinski definition) is 0. The van der Waals surface area contributed by atoms with Crippen LogP contribution < -0.4 is 0 Å². The molecule has 0 aliphatic heterocycles. The van der Waals surface area contributed by atoms with Gasteiger partial charge in [0.05, 0.1) is 17.7 Å². The molecular formula is C14H13BrN2S. The fourth-order valence-corrected chi connectivity index (χ4v) is 2.99. The van der Waals surface area contributed by atoms with Crippen LogP contribution in [-0.2, 0) is 0 Å². The van der Waals surface area contributed by atoms with Gasteiger partial charge in [-0.3, -0.25) is 0 Å². The summed E-state index contributed by atoms with van der Waals surface area (Å²) < 4.78 is 1.04. The molecule has 2 rings (SSSR count). The van der Waals surface area contributed by atoms with Crippen LogP contribution in [0, 0.1) is 17.2 Å². The molecule has 92 valence electrons. The number of benzene rings is 1. The van der Waals surface area contributed by atoms with Crippen LogP contribution in [0.5, 0.6) is 0 Å². The van der Waals surface area contributed by atoms with Crippen LogP contribution in [0.3, 0.4) is 0 Å². The first kappa shape index (κ1) is 13.3. The Morgan fingerprint density at radius 2 is 2.17 bits per heavy atom. The van der Waals surface area contributed by atoms with Crippen molar-refractivity contribution in [2.45, 2.75) is 19.8 Å². The summed E-state index contributed by atoms with van der Waals surface area (Å²) in [6, 6.07) is 10.4. The van der Waals surface area contributed by atoms with Gasteiger partial charge in [0.15, 0.2) is 0 Å². The minimum absolute atomic E-state index is 0.123. The quantitative estimate of drug-likeness (QED) is 0.811. The van der Waals surface area contributed by atoms with Crippen LogP contribution in [0.2, 0.25) is 0 Å². The highest BCUT2D eigenvalue weighted by Crippen LogP contribution is 2.31. The molecule has 0 saturated carbocycles. The number of hydrogen-bond acceptors (Lipinski definition) is 3. The molecule has 18 heavy (non-hydrogen) atoms. The van der Waals surface area contributed by atoms with Crippen LogP contribution in [0.1, 0.15) is 25.5 Å². The lowest BCUT2D eigenvalue weighted by molar-refractivity contribution is 0.578. The third-order valence-corrected chi connectivity index (χ3v) is 4.12. The summed E-state index contributed by atoms with van der Waals surface area (Å²) >= 11 is 5.05. The van der Waals surface area contributed by atoms with Gasteiger partial charge in [0.1, 0.15) is 5.01 Å². The molecule has 4 heteroatoms. The summed E-state index contributed by atoms with van der Waals surface area (Å²) in [6.07, 6.45) is 0. The SMILES string of the molecule is CC(C)C(C#N)c1csc(-c2cccc(Br)c2)n1. The average Bonchev–Trinajstić information content (AvgIpc) is 2.79. The zero-order chi connectivity index (χ0) is 13.1. The van der Waals surface area contributed by atoms with Crippen molar-refractivity contribution < 1.29 is 0 Å². The van der Waals surface area contributed by atoms with Crippen molar-refractivity contribution in [2.24, 2.45) is 5.92 Å². The zero-order valence-electron chi connectivity index (χ0n) is 10.2. The Labute approximate surface area is 119 Å². The lowest BCUT2D eigenvalue weighted by Gasteiger charge is -2.09. The van der Waals surface area contributed by atoms with Crippen LogP contribution in [-0.4, -0.2) is 4.98 Å². The van der Waals surface area contributed by atoms with Gasteiger partial charge >= 0.3 is 0 Å². The minimum Gasteiger partial charge on any atom is -0.240 e. The lowest BCUT2D eigenvalue weighted by atomic mass is 9.95. The summed E-state index contributed by atoms with van der Waals surface area (Å²) in [6.45, 7) is 4.10. The Morgan fingerprint density at radius 1 is 1.39 bits per heavy atom. The molecule has 1 atom stereocenters. The molecule has 0 amide bonds. The van der Waals surface area contributed by atoms with E-state index in [1.165, 1.54) is 0 Å². The van der Waals surface area contributed by atoms with Crippen LogP contribution in [0.15, 0.2) is 34.1 Å². The first-order chi connectivity index (χ1) is 8.61. The highest BCUT2D eigenvalue weighted by Gasteiger charge is 2.18. The van der Waals surface area contributed by atoms with Crippen LogP contribution in [0.25, 0.3) is 10.6 Å². The Hall–Kier alpha value is -1.18. The van der Waals surface area contributed by atoms with Crippen molar-refractivity contribution in [3.63, 3.8) is 0 Å². The molecule has 0 fully saturated rings. The molecule has 2 aromatic rings. The first-order valence-electron chi connectivity index (χ1n) is 5.73. The van der Waals surface area contributed by atoms with E-state index in [0.717, 1.165) is 20.7 Å². The second-order valence-corrected chi connectivity index (χ2v) is 6.21. The van der Waals surface area contributed by atoms with Crippen molar-refractivity contribution >= 4 is 27.3 Å². The molecule has 0 radical (unpaired) electrons. The molecule has 0 N–H and O–H groups in total. The summed E-state index contributed by atoms with van der Waals surface area (Å²) in [7, 11) is 0. The normalized spacial score (nSPS) is 12.4. The van der Waals surface area contributed by atoms with Crippen molar-refractivity contribution in [3.8, 4) is 16.6 Å². The standard InChI is InChI=1S/C14H13BrN2S/c1-9(2)12(7-16)13-8-18-14(17-13)10-4-3-5-11(15)6-10/h3-6,8-9,12H,1-2H3. The van der Waals surface area contributed by atoms with Gasteiger partial charge in [-0.2, -0.15) is 5.26 Å². The lowest BCUT2D eigenvalue weighted by Crippen LogP contribution is -2.04. The number of rotatable bonds is 3. The van der Waals surface area contributed by atoms with Gasteiger partial charge in [0.2, 0.25) is 0 Å². The van der Waals surface area contributed by atoms with Crippen molar-refractivity contribution in [2.75, 3.05) is 0 Å². The molecule has 2 nitrogen and oxygen atoms in total. The Kier molecular flexibility index (Phi) is 4.15. The van der Waals surface area contributed by atoms with Crippen LogP contribution in [0.4, 0.5) is 0 Å². The van der Waals surface area contributed by atoms with Crippen molar-refractivity contribution in [1.82, 2.24) is 4.98 Å². The van der Waals surface area contributed by atoms with Gasteiger partial charge in [-0.15, -0.1) is 11.3 Å². The summed E-state index contributed by atoms with van der Waals surface area (Å²) in [5.74, 6) is 0.162. The van der Waals surface area contributed by atoms with E-state index in [1.54, 1.807) is 11.3 Å². The highest BCUT2D eigenvalue weighted by atomic mass is 79.9. The summed E-state index contributed by atoms with van der Waals surface area (Å²) in [5, 5.41) is 12.1. The number of nitriles is 1. The molecule has 1 aromatic carbocycles. The third-order valence-electron chi connectivity index (χ3n) is 2.72. The Bertz CT molecular complexity index is 583. The highest BCUT2D eigenvalue weighted by molar-refractivity contribution is 9.10. The van der Waals surface area contributed by atoms with E-state index in [1.807, 2.05) is 43.5 Å². The van der Waals surface area contributed by atoms with Crippen LogP contribution >= 0.6 is 27.3 Å². The molecule has 0 bridgehead atoms. The number of thiazole rings is 1. The summed E-state index contributed by atoms with van der Waals surface area (Å²) in [4.78, 5) is 4.59. The van der Waals surface area contributed by atoms with Crippen molar-refractivity contribution in [3.05, 3.63) is 39.8 Å². The van der Waals surface area contributed by atoms with E-state index in [-0.39, 0.29) is 11.8 Å². The maximum atomic E-state index is 9.18. The molecule has 0 spiro atoms. The minimum atomic E-state index is -0.123. The summed E-state index contributed by atoms with van der Waals surface area (Å²) in [5.41, 5.74) is 1.97. The molecule has 0 aliphatic carbocycles. The molecule has 1 unspecified atom stereocenters. The maximum Gasteiger partial charge on any atom is 0.123 e. The van der Waals surface area contributed by atoms with Gasteiger partial charge in [-0.05, 0) is 18.1 Å². The van der Waals surface area contributed by atoms with E-state index >= 15 is 0 Å². The Balaban J connectivity index is 2.34. The molecule has 1 heterocycles. The topological polar surface area (TPSA) is 36.7 Å². The second-order valence-electron chi connectivity index (χ2n) is 4.44. The molecular weight excluding hydrogens is 308 g/mol. The number of nitrogens with zero attached hydrogens (tertiary/aromatic N) is 2. The van der Waals surface area contributed by atoms with Gasteiger partial charge in [-0.1, -0.05) is 41.9 Å². The zero-order valence-corrected chi connectivity index (χ0v) is 12.6. The van der Waals surface area contributed by atoms with E-state index in [2.05, 4.69) is 27.0 Å². The van der Waals surface area contributed by atoms with Gasteiger partial charge in [-0.25, -0.2) is 4.98 Å². The van der Waals surface area contributed by atoms with E-state index in [9.17, 15) is 5.26 Å². The number of halogens is 1. The largest absolute Gasteiger partial charge is 0.240 e. The second kappa shape index (κ2) is 5.64. The van der Waals surface area contributed by atoms with Crippen molar-refractivity contribution in [1.29, 1.82) is 5.26 Å². The maximum absolute atomic E-state index is 9.18. The first-order valence-corrected chi connectivity index (χ1v) is 7.40. The number of aromatic nitrogens is 1. The van der Waals surface area contributed by atoms with Gasteiger partial charge in [0.25, 0.3) is 0 Å². The van der Waals surface area contributed by atoms with Gasteiger partial charge < -0.3 is 0 Å². The van der Waals surface area contributed by atoms with E-state index in [4.69, 9.17) is 0 Å². The molecule has 0 aliphatic rings. The predicted molar refractivity (Wildman–Crippen MR) is 78.4 cm³/mol. The molecule has 1 aromatic heterocycles. The predicted octanol–water partition coefficient (Wildman–Crippen LogP) is 4.84.